The summed E-state index contributed by atoms with van der Waals surface area (Å²) in [4.78, 5) is 28.2. The fourth-order valence-corrected chi connectivity index (χ4v) is 2.71. The van der Waals surface area contributed by atoms with Crippen LogP contribution in [0.5, 0.6) is 5.75 Å². The van der Waals surface area contributed by atoms with Crippen LogP contribution in [0.2, 0.25) is 0 Å². The number of nitrogens with one attached hydrogen (secondary N) is 3. The third kappa shape index (κ3) is 5.32. The van der Waals surface area contributed by atoms with Crippen LogP contribution >= 0.6 is 0 Å². The quantitative estimate of drug-likeness (QED) is 0.532. The van der Waals surface area contributed by atoms with Gasteiger partial charge >= 0.3 is 0 Å². The smallest absolute Gasteiger partial charge is 0.259 e. The number of hydrogen-bond donors (Lipinski definition) is 3. The second-order valence-electron chi connectivity index (χ2n) is 6.31. The van der Waals surface area contributed by atoms with Gasteiger partial charge in [0.1, 0.15) is 17.4 Å². The van der Waals surface area contributed by atoms with Crippen LogP contribution in [0.1, 0.15) is 24.2 Å². The van der Waals surface area contributed by atoms with Crippen molar-refractivity contribution < 1.29 is 18.7 Å². The van der Waals surface area contributed by atoms with Gasteiger partial charge in [-0.1, -0.05) is 0 Å². The molecule has 0 radical (unpaired) electrons. The SMILES string of the molecule is CCOc1ccc(Nc2ncccc2C(=O)Nc2ccc(F)c(NC(C)=O)c2)cc1. The molecule has 30 heavy (non-hydrogen) atoms. The summed E-state index contributed by atoms with van der Waals surface area (Å²) >= 11 is 0. The molecular weight excluding hydrogens is 387 g/mol. The zero-order valence-corrected chi connectivity index (χ0v) is 16.5. The van der Waals surface area contributed by atoms with E-state index in [-0.39, 0.29) is 5.69 Å². The van der Waals surface area contributed by atoms with Gasteiger partial charge in [0.25, 0.3) is 5.91 Å². The van der Waals surface area contributed by atoms with E-state index in [1.165, 1.54) is 25.1 Å². The Labute approximate surface area is 173 Å². The number of ether oxygens (including phenoxy) is 1. The minimum Gasteiger partial charge on any atom is -0.494 e. The van der Waals surface area contributed by atoms with E-state index in [1.54, 1.807) is 18.3 Å². The summed E-state index contributed by atoms with van der Waals surface area (Å²) in [7, 11) is 0. The van der Waals surface area contributed by atoms with Gasteiger partial charge in [-0.2, -0.15) is 0 Å². The molecule has 0 spiro atoms. The Hall–Kier alpha value is -3.94. The topological polar surface area (TPSA) is 92.3 Å². The molecule has 0 aliphatic carbocycles. The molecule has 0 saturated heterocycles. The molecule has 0 fully saturated rings. The van der Waals surface area contributed by atoms with Crippen molar-refractivity contribution in [2.45, 2.75) is 13.8 Å². The van der Waals surface area contributed by atoms with E-state index in [1.807, 2.05) is 31.2 Å². The number of anilines is 4. The first-order valence-electron chi connectivity index (χ1n) is 9.29. The van der Waals surface area contributed by atoms with Crippen LogP contribution in [0.15, 0.2) is 60.8 Å². The van der Waals surface area contributed by atoms with Crippen LogP contribution < -0.4 is 20.7 Å². The monoisotopic (exact) mass is 408 g/mol. The standard InChI is InChI=1S/C22H21FN4O3/c1-3-30-17-9-6-15(7-10-17)26-21-18(5-4-12-24-21)22(29)27-16-8-11-19(23)20(13-16)25-14(2)28/h4-13H,3H2,1-2H3,(H,24,26)(H,25,28)(H,27,29). The van der Waals surface area contributed by atoms with Crippen LogP contribution in [0.4, 0.5) is 27.3 Å². The Balaban J connectivity index is 1.78. The summed E-state index contributed by atoms with van der Waals surface area (Å²) in [6.07, 6.45) is 1.57. The first-order chi connectivity index (χ1) is 14.5. The fraction of sp³-hybridized carbons (Fsp3) is 0.136. The van der Waals surface area contributed by atoms with Crippen molar-refractivity contribution in [1.82, 2.24) is 4.98 Å². The maximum Gasteiger partial charge on any atom is 0.259 e. The van der Waals surface area contributed by atoms with Crippen molar-refractivity contribution in [1.29, 1.82) is 0 Å². The van der Waals surface area contributed by atoms with Crippen molar-refractivity contribution in [3.05, 3.63) is 72.2 Å². The van der Waals surface area contributed by atoms with Crippen LogP contribution in [0.3, 0.4) is 0 Å². The summed E-state index contributed by atoms with van der Waals surface area (Å²) < 4.78 is 19.2. The predicted octanol–water partition coefficient (Wildman–Crippen LogP) is 4.57. The van der Waals surface area contributed by atoms with Crippen molar-refractivity contribution >= 4 is 34.7 Å². The highest BCUT2D eigenvalue weighted by atomic mass is 19.1. The van der Waals surface area contributed by atoms with Gasteiger partial charge in [-0.15, -0.1) is 0 Å². The molecule has 8 heteroatoms. The lowest BCUT2D eigenvalue weighted by Crippen LogP contribution is -2.15. The van der Waals surface area contributed by atoms with Gasteiger partial charge in [0.05, 0.1) is 17.9 Å². The minimum absolute atomic E-state index is 0.0146. The van der Waals surface area contributed by atoms with Crippen molar-refractivity contribution in [3.63, 3.8) is 0 Å². The van der Waals surface area contributed by atoms with Gasteiger partial charge in [0.15, 0.2) is 0 Å². The molecule has 0 bridgehead atoms. The number of aromatic nitrogens is 1. The van der Waals surface area contributed by atoms with E-state index in [0.717, 1.165) is 11.4 Å². The van der Waals surface area contributed by atoms with Gasteiger partial charge in [-0.25, -0.2) is 9.37 Å². The van der Waals surface area contributed by atoms with E-state index < -0.39 is 17.6 Å². The third-order valence-electron chi connectivity index (χ3n) is 4.02. The molecule has 3 N–H and O–H groups in total. The predicted molar refractivity (Wildman–Crippen MR) is 114 cm³/mol. The van der Waals surface area contributed by atoms with Gasteiger partial charge in [-0.3, -0.25) is 9.59 Å². The molecule has 3 rings (SSSR count). The van der Waals surface area contributed by atoms with E-state index in [9.17, 15) is 14.0 Å². The molecule has 0 unspecified atom stereocenters. The molecule has 154 valence electrons. The van der Waals surface area contributed by atoms with Gasteiger partial charge < -0.3 is 20.7 Å². The molecule has 2 aromatic carbocycles. The Bertz CT molecular complexity index is 1050. The lowest BCUT2D eigenvalue weighted by Gasteiger charge is -2.13. The zero-order valence-electron chi connectivity index (χ0n) is 16.5. The average Bonchev–Trinajstić information content (AvgIpc) is 2.72. The van der Waals surface area contributed by atoms with Crippen LogP contribution in [-0.2, 0) is 4.79 Å². The molecule has 1 heterocycles. The van der Waals surface area contributed by atoms with Gasteiger partial charge in [0, 0.05) is 24.5 Å². The Morgan fingerprint density at radius 3 is 2.47 bits per heavy atom. The number of pyridine rings is 1. The number of benzene rings is 2. The normalized spacial score (nSPS) is 10.2. The summed E-state index contributed by atoms with van der Waals surface area (Å²) in [5.74, 6) is -0.331. The summed E-state index contributed by atoms with van der Waals surface area (Å²) in [6.45, 7) is 3.76. The fourth-order valence-electron chi connectivity index (χ4n) is 2.71. The number of hydrogen-bond acceptors (Lipinski definition) is 5. The van der Waals surface area contributed by atoms with Crippen molar-refractivity contribution in [2.75, 3.05) is 22.6 Å². The lowest BCUT2D eigenvalue weighted by molar-refractivity contribution is -0.114. The molecule has 0 aliphatic heterocycles. The van der Waals surface area contributed by atoms with Crippen molar-refractivity contribution in [2.24, 2.45) is 0 Å². The number of carbonyl (C=O) groups excluding carboxylic acids is 2. The van der Waals surface area contributed by atoms with E-state index in [4.69, 9.17) is 4.74 Å². The van der Waals surface area contributed by atoms with Crippen LogP contribution in [0, 0.1) is 5.82 Å². The lowest BCUT2D eigenvalue weighted by atomic mass is 10.2. The summed E-state index contributed by atoms with van der Waals surface area (Å²) in [5.41, 5.74) is 1.36. The van der Waals surface area contributed by atoms with Crippen LogP contribution in [-0.4, -0.2) is 23.4 Å². The maximum absolute atomic E-state index is 13.8. The molecule has 7 nitrogen and oxygen atoms in total. The number of rotatable bonds is 7. The Morgan fingerprint density at radius 2 is 1.77 bits per heavy atom. The Morgan fingerprint density at radius 1 is 1.03 bits per heavy atom. The summed E-state index contributed by atoms with van der Waals surface area (Å²) in [5, 5.41) is 8.19. The van der Waals surface area contributed by atoms with Crippen LogP contribution in [0.25, 0.3) is 0 Å². The number of amides is 2. The summed E-state index contributed by atoms with van der Waals surface area (Å²) in [6, 6.07) is 14.5. The second kappa shape index (κ2) is 9.51. The number of halogens is 1. The van der Waals surface area contributed by atoms with E-state index in [2.05, 4.69) is 20.9 Å². The largest absolute Gasteiger partial charge is 0.494 e. The third-order valence-corrected chi connectivity index (χ3v) is 4.02. The molecule has 3 aromatic rings. The first kappa shape index (κ1) is 20.8. The number of nitrogens with zero attached hydrogens (tertiary/aromatic N) is 1. The molecule has 0 atom stereocenters. The highest BCUT2D eigenvalue weighted by molar-refractivity contribution is 6.08. The first-order valence-corrected chi connectivity index (χ1v) is 9.29. The highest BCUT2D eigenvalue weighted by Crippen LogP contribution is 2.24. The average molecular weight is 408 g/mol. The minimum atomic E-state index is -0.595. The van der Waals surface area contributed by atoms with Crippen molar-refractivity contribution in [3.8, 4) is 5.75 Å². The van der Waals surface area contributed by atoms with E-state index in [0.29, 0.717) is 23.7 Å². The van der Waals surface area contributed by atoms with Gasteiger partial charge in [0.2, 0.25) is 5.91 Å². The second-order valence-corrected chi connectivity index (χ2v) is 6.31. The molecule has 2 amide bonds. The van der Waals surface area contributed by atoms with Gasteiger partial charge in [-0.05, 0) is 61.5 Å². The molecule has 0 saturated carbocycles. The maximum atomic E-state index is 13.8. The molecular formula is C22H21FN4O3. The molecule has 1 aromatic heterocycles. The molecule has 0 aliphatic rings. The Kier molecular flexibility index (Phi) is 6.59. The highest BCUT2D eigenvalue weighted by Gasteiger charge is 2.14. The van der Waals surface area contributed by atoms with E-state index >= 15 is 0 Å². The zero-order chi connectivity index (χ0) is 21.5. The number of carbonyl (C=O) groups is 2.